The van der Waals surface area contributed by atoms with Crippen LogP contribution in [0, 0.1) is 24.2 Å². The Hall–Kier alpha value is -2.49. The first-order chi connectivity index (χ1) is 12.2. The Kier molecular flexibility index (Phi) is 5.27. The third kappa shape index (κ3) is 3.63. The van der Waals surface area contributed by atoms with Crippen LogP contribution in [0.3, 0.4) is 0 Å². The quantitative estimate of drug-likeness (QED) is 0.826. The first-order valence-electron chi connectivity index (χ1n) is 8.98. The van der Waals surface area contributed by atoms with Gasteiger partial charge in [-0.15, -0.1) is 5.10 Å². The van der Waals surface area contributed by atoms with Crippen molar-refractivity contribution < 1.29 is 4.52 Å². The predicted molar refractivity (Wildman–Crippen MR) is 93.2 cm³/mol. The third-order valence-electron chi connectivity index (χ3n) is 4.80. The summed E-state index contributed by atoms with van der Waals surface area (Å²) in [6.45, 7) is 7.66. The van der Waals surface area contributed by atoms with Crippen molar-refractivity contribution in [3.05, 3.63) is 28.5 Å². The maximum Gasteiger partial charge on any atom is 0.223 e. The molecule has 0 N–H and O–H groups in total. The molecule has 7 nitrogen and oxygen atoms in total. The Morgan fingerprint density at radius 3 is 2.76 bits per heavy atom. The summed E-state index contributed by atoms with van der Waals surface area (Å²) in [6, 6.07) is 2.37. The van der Waals surface area contributed by atoms with E-state index < -0.39 is 0 Å². The standard InChI is InChI=1S/C18H24N6O/c1-4-14-15(10-19)18(22-21-16(14)5-2)24-8-6-7-13(11-24)9-17-20-12(3)25-23-17/h13H,4-9,11H2,1-3H3. The highest BCUT2D eigenvalue weighted by Gasteiger charge is 2.26. The molecule has 0 aliphatic carbocycles. The molecule has 0 spiro atoms. The monoisotopic (exact) mass is 340 g/mol. The van der Waals surface area contributed by atoms with Crippen molar-refractivity contribution in [1.29, 1.82) is 5.26 Å². The Bertz CT molecular complexity index is 778. The van der Waals surface area contributed by atoms with Crippen molar-refractivity contribution in [1.82, 2.24) is 20.3 Å². The minimum Gasteiger partial charge on any atom is -0.354 e. The van der Waals surface area contributed by atoms with Gasteiger partial charge in [-0.1, -0.05) is 19.0 Å². The number of aromatic nitrogens is 4. The van der Waals surface area contributed by atoms with E-state index >= 15 is 0 Å². The van der Waals surface area contributed by atoms with Crippen molar-refractivity contribution in [2.24, 2.45) is 5.92 Å². The van der Waals surface area contributed by atoms with Crippen LogP contribution in [0.15, 0.2) is 4.52 Å². The minimum absolute atomic E-state index is 0.426. The van der Waals surface area contributed by atoms with Gasteiger partial charge in [0.25, 0.3) is 0 Å². The van der Waals surface area contributed by atoms with Crippen molar-refractivity contribution in [2.75, 3.05) is 18.0 Å². The zero-order chi connectivity index (χ0) is 17.8. The van der Waals surface area contributed by atoms with Gasteiger partial charge < -0.3 is 9.42 Å². The fourth-order valence-electron chi connectivity index (χ4n) is 3.61. The van der Waals surface area contributed by atoms with E-state index in [9.17, 15) is 5.26 Å². The normalized spacial score (nSPS) is 17.5. The van der Waals surface area contributed by atoms with E-state index in [0.717, 1.165) is 68.1 Å². The van der Waals surface area contributed by atoms with Gasteiger partial charge in [0.15, 0.2) is 11.6 Å². The average molecular weight is 340 g/mol. The van der Waals surface area contributed by atoms with Crippen LogP contribution < -0.4 is 4.90 Å². The summed E-state index contributed by atoms with van der Waals surface area (Å²) in [7, 11) is 0. The lowest BCUT2D eigenvalue weighted by Gasteiger charge is -2.33. The number of nitrogens with zero attached hydrogens (tertiary/aromatic N) is 6. The van der Waals surface area contributed by atoms with Crippen LogP contribution >= 0.6 is 0 Å². The molecular formula is C18H24N6O. The Morgan fingerprint density at radius 1 is 1.28 bits per heavy atom. The second-order valence-corrected chi connectivity index (χ2v) is 6.53. The molecule has 0 saturated carbocycles. The summed E-state index contributed by atoms with van der Waals surface area (Å²) in [4.78, 5) is 6.51. The van der Waals surface area contributed by atoms with Gasteiger partial charge in [0.05, 0.1) is 5.69 Å². The van der Waals surface area contributed by atoms with Gasteiger partial charge in [0.1, 0.15) is 11.6 Å². The highest BCUT2D eigenvalue weighted by atomic mass is 16.5. The van der Waals surface area contributed by atoms with Gasteiger partial charge in [-0.3, -0.25) is 0 Å². The molecule has 132 valence electrons. The van der Waals surface area contributed by atoms with Crippen molar-refractivity contribution >= 4 is 5.82 Å². The summed E-state index contributed by atoms with van der Waals surface area (Å²) in [5.74, 6) is 2.51. The maximum atomic E-state index is 9.71. The van der Waals surface area contributed by atoms with Gasteiger partial charge in [-0.05, 0) is 37.2 Å². The molecule has 1 atom stereocenters. The zero-order valence-electron chi connectivity index (χ0n) is 15.1. The van der Waals surface area contributed by atoms with Crippen LogP contribution in [0.5, 0.6) is 0 Å². The van der Waals surface area contributed by atoms with Crippen LogP contribution in [-0.4, -0.2) is 33.4 Å². The smallest absolute Gasteiger partial charge is 0.223 e. The van der Waals surface area contributed by atoms with Crippen LogP contribution in [-0.2, 0) is 19.3 Å². The summed E-state index contributed by atoms with van der Waals surface area (Å²) >= 11 is 0. The number of piperidine rings is 1. The van der Waals surface area contributed by atoms with E-state index in [0.29, 0.717) is 17.4 Å². The van der Waals surface area contributed by atoms with E-state index in [1.807, 2.05) is 6.92 Å². The van der Waals surface area contributed by atoms with Gasteiger partial charge in [0.2, 0.25) is 5.89 Å². The molecule has 1 saturated heterocycles. The van der Waals surface area contributed by atoms with E-state index in [2.05, 4.69) is 38.2 Å². The highest BCUT2D eigenvalue weighted by molar-refractivity contribution is 5.58. The van der Waals surface area contributed by atoms with Crippen molar-refractivity contribution in [2.45, 2.75) is 52.9 Å². The lowest BCUT2D eigenvalue weighted by molar-refractivity contribution is 0.369. The van der Waals surface area contributed by atoms with Gasteiger partial charge >= 0.3 is 0 Å². The molecule has 0 amide bonds. The second kappa shape index (κ2) is 7.60. The Labute approximate surface area is 148 Å². The van der Waals surface area contributed by atoms with E-state index in [1.165, 1.54) is 0 Å². The fraction of sp³-hybridized carbons (Fsp3) is 0.611. The average Bonchev–Trinajstić information content (AvgIpc) is 3.05. The summed E-state index contributed by atoms with van der Waals surface area (Å²) in [6.07, 6.45) is 4.56. The molecule has 1 aliphatic heterocycles. The zero-order valence-corrected chi connectivity index (χ0v) is 15.1. The van der Waals surface area contributed by atoms with Crippen LogP contribution in [0.4, 0.5) is 5.82 Å². The molecule has 2 aromatic rings. The number of nitriles is 1. The molecular weight excluding hydrogens is 316 g/mol. The van der Waals surface area contributed by atoms with Crippen LogP contribution in [0.2, 0.25) is 0 Å². The lowest BCUT2D eigenvalue weighted by atomic mass is 9.94. The molecule has 0 bridgehead atoms. The third-order valence-corrected chi connectivity index (χ3v) is 4.80. The molecule has 1 aliphatic rings. The number of hydrogen-bond acceptors (Lipinski definition) is 7. The minimum atomic E-state index is 0.426. The first-order valence-corrected chi connectivity index (χ1v) is 8.98. The van der Waals surface area contributed by atoms with E-state index in [1.54, 1.807) is 6.92 Å². The first kappa shape index (κ1) is 17.3. The number of anilines is 1. The van der Waals surface area contributed by atoms with Gasteiger partial charge in [-0.25, -0.2) is 0 Å². The van der Waals surface area contributed by atoms with Gasteiger partial charge in [0, 0.05) is 26.4 Å². The number of rotatable bonds is 5. The predicted octanol–water partition coefficient (Wildman–Crippen LogP) is 2.62. The molecule has 0 aromatic carbocycles. The SMILES string of the molecule is CCc1nnc(N2CCCC(Cc3noc(C)n3)C2)c(C#N)c1CC. The molecule has 1 fully saturated rings. The molecule has 7 heteroatoms. The number of hydrogen-bond donors (Lipinski definition) is 0. The fourth-order valence-corrected chi connectivity index (χ4v) is 3.61. The topological polar surface area (TPSA) is 91.7 Å². The largest absolute Gasteiger partial charge is 0.354 e. The summed E-state index contributed by atoms with van der Waals surface area (Å²) < 4.78 is 5.07. The Balaban J connectivity index is 1.82. The molecule has 2 aromatic heterocycles. The Morgan fingerprint density at radius 2 is 2.12 bits per heavy atom. The lowest BCUT2D eigenvalue weighted by Crippen LogP contribution is -2.37. The van der Waals surface area contributed by atoms with E-state index in [-0.39, 0.29) is 0 Å². The molecule has 3 heterocycles. The maximum absolute atomic E-state index is 9.71. The molecule has 25 heavy (non-hydrogen) atoms. The van der Waals surface area contributed by atoms with Crippen LogP contribution in [0.1, 0.15) is 55.2 Å². The van der Waals surface area contributed by atoms with Crippen LogP contribution in [0.25, 0.3) is 0 Å². The molecule has 0 radical (unpaired) electrons. The van der Waals surface area contributed by atoms with E-state index in [4.69, 9.17) is 4.52 Å². The van der Waals surface area contributed by atoms with Gasteiger partial charge in [-0.2, -0.15) is 15.3 Å². The number of aryl methyl sites for hydroxylation is 2. The second-order valence-electron chi connectivity index (χ2n) is 6.53. The summed E-state index contributed by atoms with van der Waals surface area (Å²) in [5.41, 5.74) is 2.65. The highest BCUT2D eigenvalue weighted by Crippen LogP contribution is 2.28. The molecule has 1 unspecified atom stereocenters. The molecule has 3 rings (SSSR count). The van der Waals surface area contributed by atoms with Crippen molar-refractivity contribution in [3.8, 4) is 6.07 Å². The van der Waals surface area contributed by atoms with Crippen molar-refractivity contribution in [3.63, 3.8) is 0 Å². The summed E-state index contributed by atoms with van der Waals surface area (Å²) in [5, 5.41) is 22.5.